The monoisotopic (exact) mass is 362 g/mol. The van der Waals surface area contributed by atoms with Gasteiger partial charge in [-0.25, -0.2) is 4.79 Å². The molecule has 0 amide bonds. The van der Waals surface area contributed by atoms with Crippen LogP contribution in [0.4, 0.5) is 22.0 Å². The molecule has 0 spiro atoms. The average Bonchev–Trinajstić information content (AvgIpc) is 1.99. The summed E-state index contributed by atoms with van der Waals surface area (Å²) in [5.41, 5.74) is 0. The van der Waals surface area contributed by atoms with E-state index in [1.165, 1.54) is 22.9 Å². The Hall–Kier alpha value is 0.0800. The van der Waals surface area contributed by atoms with E-state index in [9.17, 15) is 26.7 Å². The normalized spacial score (nSPS) is 17.1. The lowest BCUT2D eigenvalue weighted by Crippen LogP contribution is -2.57. The highest BCUT2D eigenvalue weighted by molar-refractivity contribution is 9.13. The summed E-state index contributed by atoms with van der Waals surface area (Å²) in [6.45, 7) is 0.763. The quantitative estimate of drug-likeness (QED) is 0.437. The molecule has 0 aliphatic rings. The summed E-state index contributed by atoms with van der Waals surface area (Å²) in [6, 6.07) is 0. The van der Waals surface area contributed by atoms with E-state index in [2.05, 4.69) is 4.74 Å². The third-order valence-corrected chi connectivity index (χ3v) is 3.74. The molecule has 90 valence electrons. The van der Waals surface area contributed by atoms with Crippen LogP contribution in [0.3, 0.4) is 0 Å². The summed E-state index contributed by atoms with van der Waals surface area (Å²) in [5.74, 6) is -2.10. The number of carbonyl (C=O) groups is 1. The fourth-order valence-electron chi connectivity index (χ4n) is 0.623. The van der Waals surface area contributed by atoms with Gasteiger partial charge in [0.15, 0.2) is 0 Å². The van der Waals surface area contributed by atoms with Crippen molar-refractivity contribution < 1.29 is 31.5 Å². The van der Waals surface area contributed by atoms with E-state index in [1.54, 1.807) is 15.9 Å². The SMILES string of the molecule is CCOC(=O)C(Br)(C(F)(F)F)C(F)(F)Br. The predicted molar refractivity (Wildman–Crippen MR) is 48.2 cm³/mol. The molecule has 0 fully saturated rings. The van der Waals surface area contributed by atoms with Crippen molar-refractivity contribution in [1.82, 2.24) is 0 Å². The minimum Gasteiger partial charge on any atom is -0.464 e. The van der Waals surface area contributed by atoms with Crippen LogP contribution >= 0.6 is 31.9 Å². The first kappa shape index (κ1) is 15.1. The van der Waals surface area contributed by atoms with E-state index < -0.39 is 27.9 Å². The van der Waals surface area contributed by atoms with Crippen LogP contribution in [0, 0.1) is 0 Å². The van der Waals surface area contributed by atoms with E-state index in [4.69, 9.17) is 0 Å². The number of hydrogen-bond donors (Lipinski definition) is 0. The van der Waals surface area contributed by atoms with Gasteiger partial charge in [0, 0.05) is 0 Å². The zero-order valence-electron chi connectivity index (χ0n) is 7.17. The van der Waals surface area contributed by atoms with Crippen molar-refractivity contribution in [2.45, 2.75) is 22.3 Å². The number of hydrogen-bond acceptors (Lipinski definition) is 2. The Labute approximate surface area is 98.4 Å². The maximum atomic E-state index is 12.7. The summed E-state index contributed by atoms with van der Waals surface area (Å²) < 4.78 is 62.2. The fraction of sp³-hybridized carbons (Fsp3) is 0.833. The molecule has 0 saturated heterocycles. The highest BCUT2D eigenvalue weighted by atomic mass is 79.9. The van der Waals surface area contributed by atoms with Crippen molar-refractivity contribution >= 4 is 37.8 Å². The summed E-state index contributed by atoms with van der Waals surface area (Å²) >= 11 is 3.20. The van der Waals surface area contributed by atoms with Crippen LogP contribution < -0.4 is 0 Å². The molecule has 0 bridgehead atoms. The zero-order chi connectivity index (χ0) is 12.5. The molecule has 1 unspecified atom stereocenters. The number of alkyl halides is 7. The largest absolute Gasteiger partial charge is 0.464 e. The minimum atomic E-state index is -5.49. The third kappa shape index (κ3) is 2.80. The Morgan fingerprint density at radius 3 is 1.80 bits per heavy atom. The molecule has 9 heteroatoms. The number of ether oxygens (including phenoxy) is 1. The van der Waals surface area contributed by atoms with Crippen molar-refractivity contribution in [3.8, 4) is 0 Å². The van der Waals surface area contributed by atoms with Crippen molar-refractivity contribution in [2.75, 3.05) is 6.61 Å². The first-order chi connectivity index (χ1) is 6.48. The van der Waals surface area contributed by atoms with Gasteiger partial charge in [0.25, 0.3) is 4.32 Å². The molecule has 0 N–H and O–H groups in total. The molecule has 0 aliphatic carbocycles. The van der Waals surface area contributed by atoms with E-state index >= 15 is 0 Å². The van der Waals surface area contributed by atoms with E-state index in [-0.39, 0.29) is 0 Å². The first-order valence-electron chi connectivity index (χ1n) is 3.48. The molecule has 0 rings (SSSR count). The Bertz CT molecular complexity index is 233. The second-order valence-electron chi connectivity index (χ2n) is 2.37. The smallest absolute Gasteiger partial charge is 0.421 e. The Morgan fingerprint density at radius 2 is 1.60 bits per heavy atom. The maximum Gasteiger partial charge on any atom is 0.421 e. The molecule has 0 aromatic heterocycles. The minimum absolute atomic E-state index is 0.439. The molecular weight excluding hydrogens is 359 g/mol. The fourth-order valence-corrected chi connectivity index (χ4v) is 1.12. The topological polar surface area (TPSA) is 26.3 Å². The molecule has 0 aromatic rings. The molecule has 0 heterocycles. The van der Waals surface area contributed by atoms with E-state index in [1.807, 2.05) is 0 Å². The van der Waals surface area contributed by atoms with Crippen molar-refractivity contribution in [3.63, 3.8) is 0 Å². The van der Waals surface area contributed by atoms with Crippen LogP contribution in [0.15, 0.2) is 0 Å². The van der Waals surface area contributed by atoms with Gasteiger partial charge in [0.1, 0.15) is 0 Å². The third-order valence-electron chi connectivity index (χ3n) is 1.34. The second-order valence-corrected chi connectivity index (χ2v) is 4.56. The predicted octanol–water partition coefficient (Wildman–Crippen LogP) is 3.23. The summed E-state index contributed by atoms with van der Waals surface area (Å²) in [5, 5.41) is 0. The Balaban J connectivity index is 5.33. The van der Waals surface area contributed by atoms with Gasteiger partial charge < -0.3 is 4.74 Å². The summed E-state index contributed by atoms with van der Waals surface area (Å²) in [7, 11) is 0. The number of esters is 1. The van der Waals surface area contributed by atoms with Gasteiger partial charge in [-0.05, 0) is 22.9 Å². The lowest BCUT2D eigenvalue weighted by atomic mass is 10.1. The molecular formula is C6H5Br2F5O2. The van der Waals surface area contributed by atoms with Crippen LogP contribution in [0.25, 0.3) is 0 Å². The lowest BCUT2D eigenvalue weighted by molar-refractivity contribution is -0.208. The highest BCUT2D eigenvalue weighted by Gasteiger charge is 2.73. The molecule has 0 aliphatic heterocycles. The van der Waals surface area contributed by atoms with Gasteiger partial charge in [-0.1, -0.05) is 15.9 Å². The van der Waals surface area contributed by atoms with Crippen LogP contribution in [0.5, 0.6) is 0 Å². The summed E-state index contributed by atoms with van der Waals surface area (Å²) in [6.07, 6.45) is -5.49. The molecule has 0 saturated carbocycles. The number of carbonyl (C=O) groups excluding carboxylic acids is 1. The molecule has 1 atom stereocenters. The van der Waals surface area contributed by atoms with Crippen LogP contribution in [0.1, 0.15) is 6.92 Å². The zero-order valence-corrected chi connectivity index (χ0v) is 10.3. The summed E-state index contributed by atoms with van der Waals surface area (Å²) in [4.78, 5) is 6.35. The number of halogens is 7. The van der Waals surface area contributed by atoms with Crippen molar-refractivity contribution in [3.05, 3.63) is 0 Å². The highest BCUT2D eigenvalue weighted by Crippen LogP contribution is 2.52. The molecule has 0 aromatic carbocycles. The first-order valence-corrected chi connectivity index (χ1v) is 5.06. The van der Waals surface area contributed by atoms with Gasteiger partial charge >= 0.3 is 17.0 Å². The van der Waals surface area contributed by atoms with Gasteiger partial charge in [0.2, 0.25) is 0 Å². The Morgan fingerprint density at radius 1 is 1.20 bits per heavy atom. The van der Waals surface area contributed by atoms with Crippen molar-refractivity contribution in [2.24, 2.45) is 0 Å². The van der Waals surface area contributed by atoms with E-state index in [0.29, 0.717) is 0 Å². The van der Waals surface area contributed by atoms with Gasteiger partial charge in [0.05, 0.1) is 6.61 Å². The molecule has 0 radical (unpaired) electrons. The second kappa shape index (κ2) is 4.52. The van der Waals surface area contributed by atoms with Gasteiger partial charge in [-0.3, -0.25) is 0 Å². The van der Waals surface area contributed by atoms with Gasteiger partial charge in [-0.2, -0.15) is 22.0 Å². The van der Waals surface area contributed by atoms with Crippen LogP contribution in [0.2, 0.25) is 0 Å². The number of rotatable bonds is 3. The standard InChI is InChI=1S/C6H5Br2F5O2/c1-2-15-3(14)4(7,5(8,9)10)6(11,12)13/h2H2,1H3. The van der Waals surface area contributed by atoms with Crippen LogP contribution in [-0.4, -0.2) is 27.9 Å². The van der Waals surface area contributed by atoms with Crippen LogP contribution in [-0.2, 0) is 9.53 Å². The van der Waals surface area contributed by atoms with Crippen molar-refractivity contribution in [1.29, 1.82) is 0 Å². The van der Waals surface area contributed by atoms with E-state index in [0.717, 1.165) is 0 Å². The van der Waals surface area contributed by atoms with Gasteiger partial charge in [-0.15, -0.1) is 0 Å². The lowest BCUT2D eigenvalue weighted by Gasteiger charge is -2.30. The molecule has 2 nitrogen and oxygen atoms in total. The maximum absolute atomic E-state index is 12.7. The molecule has 15 heavy (non-hydrogen) atoms. The Kier molecular flexibility index (Phi) is 4.55. The average molecular weight is 364 g/mol.